The van der Waals surface area contributed by atoms with Crippen LogP contribution >= 0.6 is 11.6 Å². The van der Waals surface area contributed by atoms with E-state index in [2.05, 4.69) is 4.99 Å². The average Bonchev–Trinajstić information content (AvgIpc) is 2.45. The summed E-state index contributed by atoms with van der Waals surface area (Å²) in [7, 11) is 0. The van der Waals surface area contributed by atoms with E-state index in [4.69, 9.17) is 11.6 Å². The van der Waals surface area contributed by atoms with Crippen molar-refractivity contribution in [2.45, 2.75) is 6.18 Å². The number of hydrogen-bond acceptors (Lipinski definition) is 1. The normalized spacial score (nSPS) is 14.5. The first-order valence-corrected chi connectivity index (χ1v) is 4.26. The molecule has 0 atom stereocenters. The van der Waals surface area contributed by atoms with Crippen molar-refractivity contribution >= 4 is 23.7 Å². The standard InChI is InChI=1S/C9H3ClF3NO/c10-7-2-5-4(3-14-8(5)15)1-6(7)9(11,12)13/h1-3H. The minimum atomic E-state index is -4.52. The van der Waals surface area contributed by atoms with Crippen LogP contribution in [0.1, 0.15) is 21.5 Å². The van der Waals surface area contributed by atoms with Gasteiger partial charge < -0.3 is 0 Å². The third-order valence-corrected chi connectivity index (χ3v) is 2.31. The van der Waals surface area contributed by atoms with Gasteiger partial charge in [0.2, 0.25) is 0 Å². The van der Waals surface area contributed by atoms with Gasteiger partial charge in [0.15, 0.2) is 0 Å². The number of rotatable bonds is 0. The molecule has 0 unspecified atom stereocenters. The third kappa shape index (κ3) is 1.63. The fraction of sp³-hybridized carbons (Fsp3) is 0.111. The van der Waals surface area contributed by atoms with Crippen LogP contribution in [0.5, 0.6) is 0 Å². The SMILES string of the molecule is O=C1N=Cc2cc(C(F)(F)F)c(Cl)cc21. The molecule has 2 nitrogen and oxygen atoms in total. The van der Waals surface area contributed by atoms with Gasteiger partial charge in [-0.2, -0.15) is 13.2 Å². The van der Waals surface area contributed by atoms with Crippen LogP contribution in [0, 0.1) is 0 Å². The molecule has 1 aromatic rings. The van der Waals surface area contributed by atoms with E-state index < -0.39 is 22.7 Å². The number of halogens is 4. The highest BCUT2D eigenvalue weighted by Crippen LogP contribution is 2.36. The van der Waals surface area contributed by atoms with E-state index in [1.165, 1.54) is 0 Å². The molecule has 0 radical (unpaired) electrons. The molecular weight excluding hydrogens is 231 g/mol. The molecule has 0 N–H and O–H groups in total. The van der Waals surface area contributed by atoms with Crippen molar-refractivity contribution < 1.29 is 18.0 Å². The topological polar surface area (TPSA) is 29.4 Å². The number of aliphatic imine (C=N–C) groups is 1. The van der Waals surface area contributed by atoms with Gasteiger partial charge in [0.25, 0.3) is 5.91 Å². The summed E-state index contributed by atoms with van der Waals surface area (Å²) in [5.41, 5.74) is -0.700. The van der Waals surface area contributed by atoms with Crippen LogP contribution in [-0.2, 0) is 6.18 Å². The summed E-state index contributed by atoms with van der Waals surface area (Å²) in [4.78, 5) is 14.4. The van der Waals surface area contributed by atoms with Crippen molar-refractivity contribution in [3.8, 4) is 0 Å². The first kappa shape index (κ1) is 10.2. The highest BCUT2D eigenvalue weighted by atomic mass is 35.5. The Balaban J connectivity index is 2.63. The summed E-state index contributed by atoms with van der Waals surface area (Å²) in [5.74, 6) is -0.569. The molecular formula is C9H3ClF3NO. The molecule has 2 rings (SSSR count). The van der Waals surface area contributed by atoms with Crippen molar-refractivity contribution in [2.75, 3.05) is 0 Å². The van der Waals surface area contributed by atoms with Gasteiger partial charge in [-0.05, 0) is 12.1 Å². The Labute approximate surface area is 87.4 Å². The number of fused-ring (bicyclic) bond motifs is 1. The minimum absolute atomic E-state index is 0.105. The van der Waals surface area contributed by atoms with Gasteiger partial charge in [-0.15, -0.1) is 0 Å². The zero-order chi connectivity index (χ0) is 11.2. The molecule has 0 fully saturated rings. The molecule has 78 valence electrons. The molecule has 1 aromatic carbocycles. The fourth-order valence-electron chi connectivity index (χ4n) is 1.30. The second kappa shape index (κ2) is 3.06. The van der Waals surface area contributed by atoms with Crippen molar-refractivity contribution in [3.05, 3.63) is 33.8 Å². The molecule has 0 spiro atoms. The molecule has 1 amide bonds. The second-order valence-electron chi connectivity index (χ2n) is 2.98. The maximum Gasteiger partial charge on any atom is 0.417 e. The molecule has 0 aliphatic carbocycles. The quantitative estimate of drug-likeness (QED) is 0.677. The number of alkyl halides is 3. The summed E-state index contributed by atoms with van der Waals surface area (Å²) in [5, 5.41) is -0.486. The Morgan fingerprint density at radius 2 is 1.93 bits per heavy atom. The first-order chi connectivity index (χ1) is 6.89. The number of hydrogen-bond donors (Lipinski definition) is 0. The minimum Gasteiger partial charge on any atom is -0.267 e. The van der Waals surface area contributed by atoms with E-state index in [-0.39, 0.29) is 11.1 Å². The predicted octanol–water partition coefficient (Wildman–Crippen LogP) is 2.93. The summed E-state index contributed by atoms with van der Waals surface area (Å²) in [6.07, 6.45) is -3.42. The second-order valence-corrected chi connectivity index (χ2v) is 3.39. The van der Waals surface area contributed by atoms with Gasteiger partial charge in [0, 0.05) is 11.8 Å². The van der Waals surface area contributed by atoms with Gasteiger partial charge >= 0.3 is 6.18 Å². The Morgan fingerprint density at radius 1 is 1.27 bits per heavy atom. The van der Waals surface area contributed by atoms with E-state index in [1.54, 1.807) is 0 Å². The van der Waals surface area contributed by atoms with E-state index in [9.17, 15) is 18.0 Å². The molecule has 1 aliphatic rings. The lowest BCUT2D eigenvalue weighted by Crippen LogP contribution is -2.07. The summed E-state index contributed by atoms with van der Waals surface area (Å²) in [6.45, 7) is 0. The number of benzene rings is 1. The van der Waals surface area contributed by atoms with Crippen molar-refractivity contribution in [1.82, 2.24) is 0 Å². The van der Waals surface area contributed by atoms with E-state index in [0.717, 1.165) is 18.3 Å². The van der Waals surface area contributed by atoms with Crippen molar-refractivity contribution in [1.29, 1.82) is 0 Å². The van der Waals surface area contributed by atoms with Crippen LogP contribution in [0.4, 0.5) is 13.2 Å². The van der Waals surface area contributed by atoms with Crippen LogP contribution in [0.15, 0.2) is 17.1 Å². The Morgan fingerprint density at radius 3 is 2.53 bits per heavy atom. The highest BCUT2D eigenvalue weighted by Gasteiger charge is 2.35. The monoisotopic (exact) mass is 233 g/mol. The summed E-state index contributed by atoms with van der Waals surface area (Å²) >= 11 is 5.43. The first-order valence-electron chi connectivity index (χ1n) is 3.89. The fourth-order valence-corrected chi connectivity index (χ4v) is 1.57. The van der Waals surface area contributed by atoms with Gasteiger partial charge in [0.05, 0.1) is 16.1 Å². The van der Waals surface area contributed by atoms with Gasteiger partial charge in [-0.25, -0.2) is 4.99 Å². The van der Waals surface area contributed by atoms with Gasteiger partial charge in [0.1, 0.15) is 0 Å². The third-order valence-electron chi connectivity index (χ3n) is 2.00. The molecule has 1 aliphatic heterocycles. The van der Waals surface area contributed by atoms with Crippen LogP contribution in [0.25, 0.3) is 0 Å². The molecule has 0 saturated carbocycles. The van der Waals surface area contributed by atoms with Crippen LogP contribution in [0.3, 0.4) is 0 Å². The zero-order valence-corrected chi connectivity index (χ0v) is 7.86. The predicted molar refractivity (Wildman–Crippen MR) is 48.4 cm³/mol. The van der Waals surface area contributed by atoms with Crippen molar-refractivity contribution in [2.24, 2.45) is 4.99 Å². The summed E-state index contributed by atoms with van der Waals surface area (Å²) in [6, 6.07) is 1.82. The van der Waals surface area contributed by atoms with Crippen LogP contribution in [0.2, 0.25) is 5.02 Å². The Hall–Kier alpha value is -1.36. The Bertz CT molecular complexity index is 479. The number of amides is 1. The largest absolute Gasteiger partial charge is 0.417 e. The number of carbonyl (C=O) groups excluding carboxylic acids is 1. The lowest BCUT2D eigenvalue weighted by atomic mass is 10.1. The van der Waals surface area contributed by atoms with Crippen LogP contribution < -0.4 is 0 Å². The van der Waals surface area contributed by atoms with Gasteiger partial charge in [-0.1, -0.05) is 11.6 Å². The maximum atomic E-state index is 12.4. The zero-order valence-electron chi connectivity index (χ0n) is 7.10. The number of nitrogens with zero attached hydrogens (tertiary/aromatic N) is 1. The molecule has 6 heteroatoms. The molecule has 0 aromatic heterocycles. The van der Waals surface area contributed by atoms with Crippen molar-refractivity contribution in [3.63, 3.8) is 0 Å². The van der Waals surface area contributed by atoms with E-state index >= 15 is 0 Å². The highest BCUT2D eigenvalue weighted by molar-refractivity contribution is 6.32. The lowest BCUT2D eigenvalue weighted by Gasteiger charge is -2.09. The maximum absolute atomic E-state index is 12.4. The molecule has 0 bridgehead atoms. The molecule has 1 heterocycles. The Kier molecular flexibility index (Phi) is 2.08. The smallest absolute Gasteiger partial charge is 0.267 e. The van der Waals surface area contributed by atoms with Gasteiger partial charge in [-0.3, -0.25) is 4.79 Å². The average molecular weight is 234 g/mol. The summed E-state index contributed by atoms with van der Waals surface area (Å²) < 4.78 is 37.2. The molecule has 0 saturated heterocycles. The number of carbonyl (C=O) groups is 1. The molecule has 15 heavy (non-hydrogen) atoms. The van der Waals surface area contributed by atoms with E-state index in [0.29, 0.717) is 0 Å². The van der Waals surface area contributed by atoms with Crippen LogP contribution in [-0.4, -0.2) is 12.1 Å². The van der Waals surface area contributed by atoms with E-state index in [1.807, 2.05) is 0 Å². The lowest BCUT2D eigenvalue weighted by molar-refractivity contribution is -0.137.